The summed E-state index contributed by atoms with van der Waals surface area (Å²) in [7, 11) is -3.82. The highest BCUT2D eigenvalue weighted by atomic mass is 32.2. The number of aryl methyl sites for hydroxylation is 1. The third kappa shape index (κ3) is 4.00. The van der Waals surface area contributed by atoms with Crippen LogP contribution in [0.4, 0.5) is 10.1 Å². The number of halogens is 1. The number of ether oxygens (including phenoxy) is 1. The van der Waals surface area contributed by atoms with Gasteiger partial charge in [0.2, 0.25) is 10.0 Å². The Labute approximate surface area is 179 Å². The number of amides is 2. The van der Waals surface area contributed by atoms with Crippen LogP contribution in [0, 0.1) is 12.7 Å². The molecule has 1 atom stereocenters. The normalized spacial score (nSPS) is 19.4. The molecule has 2 amide bonds. The molecule has 0 radical (unpaired) electrons. The van der Waals surface area contributed by atoms with Gasteiger partial charge < -0.3 is 15.0 Å². The maximum absolute atomic E-state index is 13.8. The molecule has 4 rings (SSSR count). The lowest BCUT2D eigenvalue weighted by Crippen LogP contribution is -2.50. The first kappa shape index (κ1) is 21.3. The van der Waals surface area contributed by atoms with Crippen molar-refractivity contribution in [3.8, 4) is 5.75 Å². The van der Waals surface area contributed by atoms with Crippen LogP contribution in [0.3, 0.4) is 0 Å². The molecule has 0 aromatic heterocycles. The number of benzene rings is 2. The van der Waals surface area contributed by atoms with E-state index < -0.39 is 21.9 Å². The van der Waals surface area contributed by atoms with Gasteiger partial charge in [0.25, 0.3) is 11.8 Å². The lowest BCUT2D eigenvalue weighted by molar-refractivity contribution is -0.122. The van der Waals surface area contributed by atoms with Gasteiger partial charge in [0.1, 0.15) is 11.6 Å². The number of nitrogens with zero attached hydrogens (tertiary/aromatic N) is 2. The van der Waals surface area contributed by atoms with E-state index in [2.05, 4.69) is 5.32 Å². The monoisotopic (exact) mass is 447 g/mol. The predicted octanol–water partition coefficient (Wildman–Crippen LogP) is 2.00. The molecule has 2 aliphatic heterocycles. The Kier molecular flexibility index (Phi) is 5.44. The minimum absolute atomic E-state index is 0.0325. The Morgan fingerprint density at radius 3 is 2.52 bits per heavy atom. The summed E-state index contributed by atoms with van der Waals surface area (Å²) < 4.78 is 46.7. The van der Waals surface area contributed by atoms with E-state index in [1.54, 1.807) is 26.0 Å². The number of sulfonamides is 1. The molecule has 1 saturated heterocycles. The number of piperazine rings is 1. The molecule has 1 fully saturated rings. The van der Waals surface area contributed by atoms with E-state index in [0.717, 1.165) is 0 Å². The first-order valence-electron chi connectivity index (χ1n) is 9.84. The maximum Gasteiger partial charge on any atom is 0.265 e. The van der Waals surface area contributed by atoms with Crippen molar-refractivity contribution in [1.29, 1.82) is 0 Å². The molecule has 0 aliphatic carbocycles. The van der Waals surface area contributed by atoms with Gasteiger partial charge in [0.05, 0.1) is 10.6 Å². The van der Waals surface area contributed by atoms with Gasteiger partial charge in [-0.2, -0.15) is 4.31 Å². The van der Waals surface area contributed by atoms with Gasteiger partial charge >= 0.3 is 0 Å². The van der Waals surface area contributed by atoms with Crippen molar-refractivity contribution >= 4 is 27.5 Å². The van der Waals surface area contributed by atoms with Gasteiger partial charge in [-0.05, 0) is 49.7 Å². The van der Waals surface area contributed by atoms with E-state index in [-0.39, 0.29) is 48.5 Å². The molecular weight excluding hydrogens is 425 g/mol. The summed E-state index contributed by atoms with van der Waals surface area (Å²) in [5, 5.41) is 2.64. The highest BCUT2D eigenvalue weighted by Gasteiger charge is 2.32. The summed E-state index contributed by atoms with van der Waals surface area (Å²) in [6.45, 7) is 3.82. The fourth-order valence-corrected chi connectivity index (χ4v) is 4.99. The Balaban J connectivity index is 1.47. The van der Waals surface area contributed by atoms with Gasteiger partial charge in [0.15, 0.2) is 6.10 Å². The van der Waals surface area contributed by atoms with Crippen LogP contribution in [0.1, 0.15) is 22.8 Å². The van der Waals surface area contributed by atoms with Gasteiger partial charge in [-0.3, -0.25) is 9.59 Å². The van der Waals surface area contributed by atoms with Crippen LogP contribution >= 0.6 is 0 Å². The molecule has 8 nitrogen and oxygen atoms in total. The van der Waals surface area contributed by atoms with Gasteiger partial charge in [-0.1, -0.05) is 6.07 Å². The lowest BCUT2D eigenvalue weighted by Gasteiger charge is -2.34. The number of anilines is 1. The SMILES string of the molecule is Cc1ccc(C(=O)N2CCN(S(=O)(=O)c3ccc4c(c3)NC(=O)C(C)O4)CC2)cc1F. The molecule has 0 bridgehead atoms. The average molecular weight is 447 g/mol. The number of nitrogens with one attached hydrogen (secondary N) is 1. The van der Waals surface area contributed by atoms with E-state index in [0.29, 0.717) is 17.0 Å². The van der Waals surface area contributed by atoms with Crippen LogP contribution in [-0.2, 0) is 14.8 Å². The summed E-state index contributed by atoms with van der Waals surface area (Å²) in [4.78, 5) is 26.0. The van der Waals surface area contributed by atoms with E-state index in [9.17, 15) is 22.4 Å². The summed E-state index contributed by atoms with van der Waals surface area (Å²) in [6.07, 6.45) is -0.650. The fraction of sp³-hybridized carbons (Fsp3) is 0.333. The quantitative estimate of drug-likeness (QED) is 0.777. The number of carbonyl (C=O) groups is 2. The van der Waals surface area contributed by atoms with Crippen LogP contribution < -0.4 is 10.1 Å². The molecule has 0 spiro atoms. The van der Waals surface area contributed by atoms with Crippen molar-refractivity contribution < 1.29 is 27.1 Å². The third-order valence-electron chi connectivity index (χ3n) is 5.46. The molecular formula is C21H22FN3O5S. The van der Waals surface area contributed by atoms with Crippen molar-refractivity contribution in [3.63, 3.8) is 0 Å². The molecule has 2 aliphatic rings. The molecule has 0 saturated carbocycles. The summed E-state index contributed by atoms with van der Waals surface area (Å²) >= 11 is 0. The first-order valence-corrected chi connectivity index (χ1v) is 11.3. The smallest absolute Gasteiger partial charge is 0.265 e. The zero-order valence-corrected chi connectivity index (χ0v) is 17.9. The van der Waals surface area contributed by atoms with Crippen molar-refractivity contribution in [2.75, 3.05) is 31.5 Å². The highest BCUT2D eigenvalue weighted by molar-refractivity contribution is 7.89. The lowest BCUT2D eigenvalue weighted by atomic mass is 10.1. The second kappa shape index (κ2) is 7.93. The van der Waals surface area contributed by atoms with E-state index in [4.69, 9.17) is 4.74 Å². The Bertz CT molecular complexity index is 1160. The molecule has 164 valence electrons. The Morgan fingerprint density at radius 2 is 1.84 bits per heavy atom. The standard InChI is InChI=1S/C21H22FN3O5S/c1-13-3-4-15(11-17(13)22)21(27)24-7-9-25(10-8-24)31(28,29)16-5-6-19-18(12-16)23-20(26)14(2)30-19/h3-6,11-12,14H,7-10H2,1-2H3,(H,23,26). The zero-order valence-electron chi connectivity index (χ0n) is 17.1. The summed E-state index contributed by atoms with van der Waals surface area (Å²) in [6, 6.07) is 8.64. The second-order valence-electron chi connectivity index (χ2n) is 7.57. The molecule has 2 heterocycles. The average Bonchev–Trinajstić information content (AvgIpc) is 2.75. The Morgan fingerprint density at radius 1 is 1.13 bits per heavy atom. The van der Waals surface area contributed by atoms with E-state index >= 15 is 0 Å². The molecule has 1 N–H and O–H groups in total. The minimum atomic E-state index is -3.82. The molecule has 2 aromatic carbocycles. The Hall–Kier alpha value is -2.98. The minimum Gasteiger partial charge on any atom is -0.479 e. The summed E-state index contributed by atoms with van der Waals surface area (Å²) in [5.74, 6) is -0.725. The van der Waals surface area contributed by atoms with Gasteiger partial charge in [-0.25, -0.2) is 12.8 Å². The molecule has 1 unspecified atom stereocenters. The third-order valence-corrected chi connectivity index (χ3v) is 7.36. The number of hydrogen-bond donors (Lipinski definition) is 1. The van der Waals surface area contributed by atoms with Crippen LogP contribution in [-0.4, -0.2) is 61.7 Å². The zero-order chi connectivity index (χ0) is 22.3. The van der Waals surface area contributed by atoms with Crippen LogP contribution in [0.2, 0.25) is 0 Å². The number of hydrogen-bond acceptors (Lipinski definition) is 5. The number of carbonyl (C=O) groups excluding carboxylic acids is 2. The van der Waals surface area contributed by atoms with Crippen molar-refractivity contribution in [2.24, 2.45) is 0 Å². The van der Waals surface area contributed by atoms with Crippen LogP contribution in [0.15, 0.2) is 41.3 Å². The maximum atomic E-state index is 13.8. The van der Waals surface area contributed by atoms with Crippen molar-refractivity contribution in [1.82, 2.24) is 9.21 Å². The van der Waals surface area contributed by atoms with Gasteiger partial charge in [0, 0.05) is 31.7 Å². The van der Waals surface area contributed by atoms with Crippen LogP contribution in [0.25, 0.3) is 0 Å². The first-order chi connectivity index (χ1) is 14.7. The second-order valence-corrected chi connectivity index (χ2v) is 9.51. The predicted molar refractivity (Wildman–Crippen MR) is 111 cm³/mol. The number of rotatable bonds is 3. The summed E-state index contributed by atoms with van der Waals surface area (Å²) in [5.41, 5.74) is 0.993. The van der Waals surface area contributed by atoms with Crippen molar-refractivity contribution in [3.05, 3.63) is 53.3 Å². The van der Waals surface area contributed by atoms with E-state index in [1.165, 1.54) is 33.5 Å². The highest BCUT2D eigenvalue weighted by Crippen LogP contribution is 2.33. The van der Waals surface area contributed by atoms with Gasteiger partial charge in [-0.15, -0.1) is 0 Å². The largest absolute Gasteiger partial charge is 0.479 e. The topological polar surface area (TPSA) is 96.0 Å². The number of fused-ring (bicyclic) bond motifs is 1. The van der Waals surface area contributed by atoms with E-state index in [1.807, 2.05) is 0 Å². The van der Waals surface area contributed by atoms with Crippen LogP contribution in [0.5, 0.6) is 5.75 Å². The van der Waals surface area contributed by atoms with Crippen molar-refractivity contribution in [2.45, 2.75) is 24.8 Å². The molecule has 31 heavy (non-hydrogen) atoms. The molecule has 2 aromatic rings. The fourth-order valence-electron chi connectivity index (χ4n) is 3.54. The molecule has 10 heteroatoms.